The van der Waals surface area contributed by atoms with E-state index in [9.17, 15) is 0 Å². The van der Waals surface area contributed by atoms with Crippen LogP contribution in [0.4, 0.5) is 0 Å². The molecule has 4 atom stereocenters. The monoisotopic (exact) mass is 181 g/mol. The van der Waals surface area contributed by atoms with Crippen LogP contribution in [-0.2, 0) is 0 Å². The fourth-order valence-corrected chi connectivity index (χ4v) is 2.14. The van der Waals surface area contributed by atoms with Crippen LogP contribution in [0.2, 0.25) is 0 Å². The van der Waals surface area contributed by atoms with Gasteiger partial charge in [-0.25, -0.2) is 0 Å². The molecule has 76 valence electrons. The Balaban J connectivity index is 2.33. The molecule has 1 aliphatic carbocycles. The van der Waals surface area contributed by atoms with E-state index in [1.54, 1.807) is 0 Å². The lowest BCUT2D eigenvalue weighted by Crippen LogP contribution is -2.40. The molecule has 1 aliphatic rings. The van der Waals surface area contributed by atoms with Crippen LogP contribution >= 0.6 is 0 Å². The van der Waals surface area contributed by atoms with Crippen LogP contribution in [0.5, 0.6) is 0 Å². The first kappa shape index (κ1) is 10.8. The van der Waals surface area contributed by atoms with Gasteiger partial charge in [-0.2, -0.15) is 0 Å². The Morgan fingerprint density at radius 1 is 1.31 bits per heavy atom. The highest BCUT2D eigenvalue weighted by Crippen LogP contribution is 2.29. The van der Waals surface area contributed by atoms with Crippen molar-refractivity contribution < 1.29 is 0 Å². The number of hydrogen-bond acceptors (Lipinski definition) is 1. The van der Waals surface area contributed by atoms with E-state index < -0.39 is 0 Å². The standard InChI is InChI=1S/C12H23N/c1-5-11(4)13-12-7-6-9(2)10(3)8-12/h5,9-13H,1,6-8H2,2-4H3. The lowest BCUT2D eigenvalue weighted by molar-refractivity contribution is 0.222. The second-order valence-electron chi connectivity index (χ2n) is 4.66. The van der Waals surface area contributed by atoms with Gasteiger partial charge >= 0.3 is 0 Å². The topological polar surface area (TPSA) is 12.0 Å². The molecule has 0 heterocycles. The van der Waals surface area contributed by atoms with Crippen molar-refractivity contribution in [2.45, 2.75) is 52.1 Å². The quantitative estimate of drug-likeness (QED) is 0.660. The second-order valence-corrected chi connectivity index (χ2v) is 4.66. The summed E-state index contributed by atoms with van der Waals surface area (Å²) in [5.41, 5.74) is 0. The number of hydrogen-bond donors (Lipinski definition) is 1. The summed E-state index contributed by atoms with van der Waals surface area (Å²) < 4.78 is 0. The van der Waals surface area contributed by atoms with Crippen LogP contribution in [0.1, 0.15) is 40.0 Å². The average Bonchev–Trinajstić information content (AvgIpc) is 2.11. The molecule has 0 radical (unpaired) electrons. The number of nitrogens with one attached hydrogen (secondary N) is 1. The minimum Gasteiger partial charge on any atom is -0.308 e. The fraction of sp³-hybridized carbons (Fsp3) is 0.833. The van der Waals surface area contributed by atoms with Gasteiger partial charge in [0, 0.05) is 12.1 Å². The third-order valence-electron chi connectivity index (χ3n) is 3.45. The molecule has 4 unspecified atom stereocenters. The Morgan fingerprint density at radius 2 is 2.00 bits per heavy atom. The van der Waals surface area contributed by atoms with Gasteiger partial charge in [-0.15, -0.1) is 6.58 Å². The molecule has 1 heteroatoms. The average molecular weight is 181 g/mol. The van der Waals surface area contributed by atoms with E-state index in [0.29, 0.717) is 6.04 Å². The molecular weight excluding hydrogens is 158 g/mol. The first-order valence-corrected chi connectivity index (χ1v) is 5.52. The van der Waals surface area contributed by atoms with Gasteiger partial charge in [-0.1, -0.05) is 19.9 Å². The minimum absolute atomic E-state index is 0.464. The SMILES string of the molecule is C=CC(C)NC1CCC(C)C(C)C1. The Labute approximate surface area is 82.6 Å². The molecule has 0 bridgehead atoms. The van der Waals surface area contributed by atoms with Crippen molar-refractivity contribution in [1.82, 2.24) is 5.32 Å². The minimum atomic E-state index is 0.464. The molecule has 1 rings (SSSR count). The predicted octanol–water partition coefficient (Wildman–Crippen LogP) is 2.98. The molecule has 0 aliphatic heterocycles. The van der Waals surface area contributed by atoms with Crippen molar-refractivity contribution in [3.05, 3.63) is 12.7 Å². The van der Waals surface area contributed by atoms with E-state index in [-0.39, 0.29) is 0 Å². The summed E-state index contributed by atoms with van der Waals surface area (Å²) in [6.45, 7) is 10.7. The van der Waals surface area contributed by atoms with Crippen LogP contribution < -0.4 is 5.32 Å². The maximum absolute atomic E-state index is 3.80. The van der Waals surface area contributed by atoms with Gasteiger partial charge in [-0.05, 0) is 38.0 Å². The first-order chi connectivity index (χ1) is 6.13. The summed E-state index contributed by atoms with van der Waals surface area (Å²) >= 11 is 0. The molecule has 0 saturated heterocycles. The highest BCUT2D eigenvalue weighted by Gasteiger charge is 2.24. The summed E-state index contributed by atoms with van der Waals surface area (Å²) in [6.07, 6.45) is 6.04. The van der Waals surface area contributed by atoms with Crippen LogP contribution in [0.25, 0.3) is 0 Å². The summed E-state index contributed by atoms with van der Waals surface area (Å²) in [5.74, 6) is 1.79. The van der Waals surface area contributed by atoms with Crippen molar-refractivity contribution in [3.8, 4) is 0 Å². The molecule has 1 nitrogen and oxygen atoms in total. The third-order valence-corrected chi connectivity index (χ3v) is 3.45. The van der Waals surface area contributed by atoms with E-state index in [4.69, 9.17) is 0 Å². The predicted molar refractivity (Wildman–Crippen MR) is 58.8 cm³/mol. The molecule has 0 aromatic heterocycles. The highest BCUT2D eigenvalue weighted by atomic mass is 14.9. The Bertz CT molecular complexity index is 165. The normalized spacial score (nSPS) is 37.0. The fourth-order valence-electron chi connectivity index (χ4n) is 2.14. The van der Waals surface area contributed by atoms with E-state index in [0.717, 1.165) is 17.9 Å². The Hall–Kier alpha value is -0.300. The van der Waals surface area contributed by atoms with Crippen molar-refractivity contribution in [3.63, 3.8) is 0 Å². The molecule has 1 fully saturated rings. The van der Waals surface area contributed by atoms with E-state index in [1.807, 2.05) is 6.08 Å². The van der Waals surface area contributed by atoms with Gasteiger partial charge in [0.2, 0.25) is 0 Å². The molecule has 0 amide bonds. The lowest BCUT2D eigenvalue weighted by atomic mass is 9.79. The third kappa shape index (κ3) is 3.15. The highest BCUT2D eigenvalue weighted by molar-refractivity contribution is 4.87. The van der Waals surface area contributed by atoms with Crippen LogP contribution in [0.3, 0.4) is 0 Å². The maximum atomic E-state index is 3.80. The van der Waals surface area contributed by atoms with Gasteiger partial charge in [0.05, 0.1) is 0 Å². The molecule has 0 aromatic carbocycles. The maximum Gasteiger partial charge on any atom is 0.0221 e. The number of rotatable bonds is 3. The molecule has 0 aromatic rings. The van der Waals surface area contributed by atoms with E-state index in [1.165, 1.54) is 19.3 Å². The van der Waals surface area contributed by atoms with Gasteiger partial charge in [0.1, 0.15) is 0 Å². The second kappa shape index (κ2) is 4.80. The summed E-state index contributed by atoms with van der Waals surface area (Å²) in [5, 5.41) is 3.60. The van der Waals surface area contributed by atoms with Gasteiger partial charge < -0.3 is 5.32 Å². The van der Waals surface area contributed by atoms with Gasteiger partial charge in [0.25, 0.3) is 0 Å². The zero-order valence-corrected chi connectivity index (χ0v) is 9.22. The van der Waals surface area contributed by atoms with E-state index in [2.05, 4.69) is 32.7 Å². The van der Waals surface area contributed by atoms with Crippen LogP contribution in [0, 0.1) is 11.8 Å². The van der Waals surface area contributed by atoms with Crippen LogP contribution in [0.15, 0.2) is 12.7 Å². The van der Waals surface area contributed by atoms with Crippen molar-refractivity contribution in [1.29, 1.82) is 0 Å². The van der Waals surface area contributed by atoms with Crippen molar-refractivity contribution >= 4 is 0 Å². The Morgan fingerprint density at radius 3 is 2.54 bits per heavy atom. The van der Waals surface area contributed by atoms with Crippen molar-refractivity contribution in [2.24, 2.45) is 11.8 Å². The molecule has 13 heavy (non-hydrogen) atoms. The van der Waals surface area contributed by atoms with Crippen LogP contribution in [-0.4, -0.2) is 12.1 Å². The lowest BCUT2D eigenvalue weighted by Gasteiger charge is -2.33. The van der Waals surface area contributed by atoms with Crippen molar-refractivity contribution in [2.75, 3.05) is 0 Å². The largest absolute Gasteiger partial charge is 0.308 e. The summed E-state index contributed by atoms with van der Waals surface area (Å²) in [4.78, 5) is 0. The summed E-state index contributed by atoms with van der Waals surface area (Å²) in [6, 6.07) is 1.19. The first-order valence-electron chi connectivity index (χ1n) is 5.52. The summed E-state index contributed by atoms with van der Waals surface area (Å²) in [7, 11) is 0. The molecule has 0 spiro atoms. The van der Waals surface area contributed by atoms with Gasteiger partial charge in [-0.3, -0.25) is 0 Å². The molecular formula is C12H23N. The Kier molecular flexibility index (Phi) is 3.98. The molecule has 1 N–H and O–H groups in total. The van der Waals surface area contributed by atoms with Gasteiger partial charge in [0.15, 0.2) is 0 Å². The van der Waals surface area contributed by atoms with E-state index >= 15 is 0 Å². The smallest absolute Gasteiger partial charge is 0.0221 e. The zero-order chi connectivity index (χ0) is 9.84. The zero-order valence-electron chi connectivity index (χ0n) is 9.22. The molecule has 1 saturated carbocycles.